The van der Waals surface area contributed by atoms with Crippen molar-refractivity contribution < 1.29 is 28.6 Å². The van der Waals surface area contributed by atoms with Crippen molar-refractivity contribution in [3.63, 3.8) is 0 Å². The molecular weight excluding hydrogens is 502 g/mol. The van der Waals surface area contributed by atoms with E-state index in [4.69, 9.17) is 26.4 Å². The fraction of sp³-hybridized carbons (Fsp3) is 0.280. The highest BCUT2D eigenvalue weighted by atomic mass is 32.2. The number of ether oxygens (including phenoxy) is 3. The summed E-state index contributed by atoms with van der Waals surface area (Å²) in [5.74, 6) is 0.888. The Balaban J connectivity index is 1.17. The van der Waals surface area contributed by atoms with E-state index in [9.17, 15) is 14.4 Å². The van der Waals surface area contributed by atoms with Gasteiger partial charge in [0.1, 0.15) is 10.1 Å². The SMILES string of the molecule is COc1ccccc1C(=O)NNC(=O)CCCCCN1C(=O)C(=Cc2ccc3c(c2)OCO3)SC1=S. The lowest BCUT2D eigenvalue weighted by molar-refractivity contribution is -0.123. The van der Waals surface area contributed by atoms with Crippen LogP contribution in [0.25, 0.3) is 6.08 Å². The molecule has 2 aromatic carbocycles. The minimum atomic E-state index is -0.455. The molecule has 0 aliphatic carbocycles. The Morgan fingerprint density at radius 1 is 1.11 bits per heavy atom. The number of carbonyl (C=O) groups is 3. The van der Waals surface area contributed by atoms with Crippen molar-refractivity contribution >= 4 is 52.1 Å². The predicted molar refractivity (Wildman–Crippen MR) is 140 cm³/mol. The molecule has 0 saturated carbocycles. The van der Waals surface area contributed by atoms with Gasteiger partial charge in [-0.15, -0.1) is 0 Å². The number of carbonyl (C=O) groups excluding carboxylic acids is 3. The van der Waals surface area contributed by atoms with Crippen molar-refractivity contribution in [1.82, 2.24) is 15.8 Å². The number of rotatable bonds is 9. The van der Waals surface area contributed by atoms with E-state index in [1.54, 1.807) is 35.2 Å². The highest BCUT2D eigenvalue weighted by Crippen LogP contribution is 2.36. The second-order valence-electron chi connectivity index (χ2n) is 7.96. The van der Waals surface area contributed by atoms with Crippen molar-refractivity contribution in [3.8, 4) is 17.2 Å². The van der Waals surface area contributed by atoms with E-state index in [0.717, 1.165) is 12.0 Å². The van der Waals surface area contributed by atoms with Gasteiger partial charge in [0, 0.05) is 13.0 Å². The van der Waals surface area contributed by atoms with Crippen molar-refractivity contribution in [2.75, 3.05) is 20.4 Å². The normalized spacial score (nSPS) is 15.4. The second kappa shape index (κ2) is 11.9. The van der Waals surface area contributed by atoms with Crippen LogP contribution in [0.2, 0.25) is 0 Å². The van der Waals surface area contributed by atoms with Gasteiger partial charge in [-0.05, 0) is 48.7 Å². The van der Waals surface area contributed by atoms with E-state index in [1.165, 1.54) is 18.9 Å². The van der Waals surface area contributed by atoms with E-state index >= 15 is 0 Å². The predicted octanol–water partition coefficient (Wildman–Crippen LogP) is 3.65. The number of unbranched alkanes of at least 4 members (excludes halogenated alkanes) is 2. The molecule has 0 radical (unpaired) electrons. The fourth-order valence-electron chi connectivity index (χ4n) is 3.67. The number of nitrogens with zero attached hydrogens (tertiary/aromatic N) is 1. The standard InChI is InChI=1S/C25H25N3O6S2/c1-32-18-8-5-4-7-17(18)23(30)27-26-22(29)9-3-2-6-12-28-24(31)21(36-25(28)35)14-16-10-11-19-20(13-16)34-15-33-19/h4-5,7-8,10-11,13-14H,2-3,6,9,12,15H2,1H3,(H,26,29)(H,27,30). The molecule has 2 aliphatic heterocycles. The summed E-state index contributed by atoms with van der Waals surface area (Å²) in [5.41, 5.74) is 5.98. The third-order valence-electron chi connectivity index (χ3n) is 5.52. The lowest BCUT2D eigenvalue weighted by Gasteiger charge is -2.14. The van der Waals surface area contributed by atoms with Crippen LogP contribution in [0, 0.1) is 0 Å². The molecule has 9 nitrogen and oxygen atoms in total. The molecule has 2 N–H and O–H groups in total. The van der Waals surface area contributed by atoms with Crippen molar-refractivity contribution in [3.05, 3.63) is 58.5 Å². The van der Waals surface area contributed by atoms with Gasteiger partial charge in [-0.25, -0.2) is 0 Å². The van der Waals surface area contributed by atoms with E-state index in [2.05, 4.69) is 10.9 Å². The summed E-state index contributed by atoms with van der Waals surface area (Å²) in [7, 11) is 1.47. The summed E-state index contributed by atoms with van der Waals surface area (Å²) in [6.45, 7) is 0.676. The Morgan fingerprint density at radius 2 is 1.92 bits per heavy atom. The summed E-state index contributed by atoms with van der Waals surface area (Å²) >= 11 is 6.67. The number of methoxy groups -OCH3 is 1. The zero-order chi connectivity index (χ0) is 25.5. The summed E-state index contributed by atoms with van der Waals surface area (Å²) in [6.07, 6.45) is 4.08. The van der Waals surface area contributed by atoms with Gasteiger partial charge in [0.25, 0.3) is 11.8 Å². The van der Waals surface area contributed by atoms with Crippen LogP contribution in [-0.2, 0) is 9.59 Å². The Morgan fingerprint density at radius 3 is 2.75 bits per heavy atom. The van der Waals surface area contributed by atoms with Crippen LogP contribution in [-0.4, -0.2) is 47.4 Å². The monoisotopic (exact) mass is 527 g/mol. The maximum Gasteiger partial charge on any atom is 0.273 e. The van der Waals surface area contributed by atoms with E-state index < -0.39 is 5.91 Å². The summed E-state index contributed by atoms with van der Waals surface area (Å²) in [5, 5.41) is 0. The third-order valence-corrected chi connectivity index (χ3v) is 6.90. The molecule has 1 saturated heterocycles. The fourth-order valence-corrected chi connectivity index (χ4v) is 4.98. The molecule has 2 heterocycles. The third kappa shape index (κ3) is 6.16. The molecule has 0 atom stereocenters. The van der Waals surface area contributed by atoms with Crippen molar-refractivity contribution in [2.24, 2.45) is 0 Å². The van der Waals surface area contributed by atoms with Gasteiger partial charge in [0.2, 0.25) is 12.7 Å². The molecule has 11 heteroatoms. The number of hydrazine groups is 1. The minimum absolute atomic E-state index is 0.125. The number of benzene rings is 2. The molecule has 1 fully saturated rings. The molecule has 4 rings (SSSR count). The topological polar surface area (TPSA) is 106 Å². The van der Waals surface area contributed by atoms with Crippen molar-refractivity contribution in [1.29, 1.82) is 0 Å². The first-order chi connectivity index (χ1) is 17.5. The first kappa shape index (κ1) is 25.5. The Labute approximate surface area is 218 Å². The first-order valence-corrected chi connectivity index (χ1v) is 12.6. The average molecular weight is 528 g/mol. The molecule has 0 unspecified atom stereocenters. The van der Waals surface area contributed by atoms with Crippen LogP contribution in [0.5, 0.6) is 17.2 Å². The molecule has 36 heavy (non-hydrogen) atoms. The van der Waals surface area contributed by atoms with E-state index in [1.807, 2.05) is 18.2 Å². The molecule has 2 aromatic rings. The van der Waals surface area contributed by atoms with Crippen LogP contribution in [0.1, 0.15) is 41.6 Å². The first-order valence-electron chi connectivity index (χ1n) is 11.3. The summed E-state index contributed by atoms with van der Waals surface area (Å²) in [6, 6.07) is 12.3. The van der Waals surface area contributed by atoms with Gasteiger partial charge in [0.05, 0.1) is 17.6 Å². The van der Waals surface area contributed by atoms with Gasteiger partial charge in [-0.3, -0.25) is 30.1 Å². The van der Waals surface area contributed by atoms with Crippen LogP contribution in [0.3, 0.4) is 0 Å². The molecule has 0 spiro atoms. The van der Waals surface area contributed by atoms with Gasteiger partial charge in [-0.1, -0.05) is 48.6 Å². The minimum Gasteiger partial charge on any atom is -0.496 e. The van der Waals surface area contributed by atoms with E-state index in [0.29, 0.717) is 51.4 Å². The number of thioether (sulfide) groups is 1. The maximum absolute atomic E-state index is 12.8. The smallest absolute Gasteiger partial charge is 0.273 e. The van der Waals surface area contributed by atoms with Crippen LogP contribution < -0.4 is 25.1 Å². The summed E-state index contributed by atoms with van der Waals surface area (Å²) < 4.78 is 16.4. The second-order valence-corrected chi connectivity index (χ2v) is 9.64. The molecule has 0 bridgehead atoms. The number of hydrogen-bond donors (Lipinski definition) is 2. The van der Waals surface area contributed by atoms with Gasteiger partial charge in [-0.2, -0.15) is 0 Å². The van der Waals surface area contributed by atoms with Crippen LogP contribution in [0.4, 0.5) is 0 Å². The summed E-state index contributed by atoms with van der Waals surface area (Å²) in [4.78, 5) is 39.3. The number of fused-ring (bicyclic) bond motifs is 1. The molecule has 188 valence electrons. The highest BCUT2D eigenvalue weighted by molar-refractivity contribution is 8.26. The Hall–Kier alpha value is -3.57. The number of hydrogen-bond acceptors (Lipinski definition) is 8. The molecule has 3 amide bonds. The quantitative estimate of drug-likeness (QED) is 0.220. The van der Waals surface area contributed by atoms with Gasteiger partial charge >= 0.3 is 0 Å². The lowest BCUT2D eigenvalue weighted by atomic mass is 10.1. The Bertz CT molecular complexity index is 1220. The highest BCUT2D eigenvalue weighted by Gasteiger charge is 2.31. The van der Waals surface area contributed by atoms with Crippen LogP contribution in [0.15, 0.2) is 47.4 Å². The molecule has 0 aromatic heterocycles. The largest absolute Gasteiger partial charge is 0.496 e. The molecular formula is C25H25N3O6S2. The Kier molecular flexibility index (Phi) is 8.44. The zero-order valence-corrected chi connectivity index (χ0v) is 21.2. The molecule has 2 aliphatic rings. The average Bonchev–Trinajstić information content (AvgIpc) is 3.46. The zero-order valence-electron chi connectivity index (χ0n) is 19.6. The maximum atomic E-state index is 12.8. The number of para-hydroxylation sites is 1. The van der Waals surface area contributed by atoms with Crippen molar-refractivity contribution in [2.45, 2.75) is 25.7 Å². The number of thiocarbonyl (C=S) groups is 1. The lowest BCUT2D eigenvalue weighted by Crippen LogP contribution is -2.41. The van der Waals surface area contributed by atoms with Gasteiger partial charge < -0.3 is 14.2 Å². The van der Waals surface area contributed by atoms with Crippen LogP contribution >= 0.6 is 24.0 Å². The number of amides is 3. The van der Waals surface area contributed by atoms with Gasteiger partial charge in [0.15, 0.2) is 11.5 Å². The number of nitrogens with one attached hydrogen (secondary N) is 2. The van der Waals surface area contributed by atoms with E-state index in [-0.39, 0.29) is 25.0 Å².